The molecule has 0 aliphatic rings. The quantitative estimate of drug-likeness (QED) is 0.876. The third-order valence-corrected chi connectivity index (χ3v) is 2.95. The zero-order chi connectivity index (χ0) is 11.9. The molecule has 16 heavy (non-hydrogen) atoms. The molecular weight excluding hydrogens is 225 g/mol. The van der Waals surface area contributed by atoms with Crippen LogP contribution in [0.25, 0.3) is 10.9 Å². The van der Waals surface area contributed by atoms with Gasteiger partial charge in [0.25, 0.3) is 0 Å². The summed E-state index contributed by atoms with van der Waals surface area (Å²) in [6, 6.07) is 5.79. The number of hydrogen-bond donors (Lipinski definition) is 1. The Labute approximate surface area is 98.2 Å². The van der Waals surface area contributed by atoms with Crippen LogP contribution in [0, 0.1) is 6.92 Å². The molecule has 2 N–H and O–H groups in total. The highest BCUT2D eigenvalue weighted by Crippen LogP contribution is 2.30. The largest absolute Gasteiger partial charge is 0.320 e. The van der Waals surface area contributed by atoms with E-state index in [0.29, 0.717) is 0 Å². The summed E-state index contributed by atoms with van der Waals surface area (Å²) in [7, 11) is 0. The Hall–Kier alpha value is -1.07. The highest BCUT2D eigenvalue weighted by molar-refractivity contribution is 7.92. The Morgan fingerprint density at radius 3 is 2.69 bits per heavy atom. The van der Waals surface area contributed by atoms with Gasteiger partial charge in [-0.2, -0.15) is 9.19 Å². The van der Waals surface area contributed by atoms with Gasteiger partial charge < -0.3 is 5.73 Å². The molecule has 0 saturated heterocycles. The minimum atomic E-state index is -0.576. The Bertz CT molecular complexity index is 528. The molecule has 1 aromatic carbocycles. The molecule has 1 heterocycles. The summed E-state index contributed by atoms with van der Waals surface area (Å²) in [5, 5.41) is 5.13. The third kappa shape index (κ3) is 1.70. The smallest absolute Gasteiger partial charge is 0.188 e. The van der Waals surface area contributed by atoms with Gasteiger partial charge in [-0.15, -0.1) is 3.89 Å². The van der Waals surface area contributed by atoms with E-state index in [1.54, 1.807) is 0 Å². The van der Waals surface area contributed by atoms with Gasteiger partial charge in [0, 0.05) is 5.39 Å². The van der Waals surface area contributed by atoms with E-state index in [0.717, 1.165) is 22.2 Å². The normalized spacial score (nSPS) is 12.3. The Kier molecular flexibility index (Phi) is 2.67. The van der Waals surface area contributed by atoms with Gasteiger partial charge in [0.15, 0.2) is 12.3 Å². The fourth-order valence-corrected chi connectivity index (χ4v) is 2.25. The van der Waals surface area contributed by atoms with Crippen LogP contribution in [0.15, 0.2) is 18.2 Å². The topological polar surface area (TPSA) is 43.8 Å². The number of rotatable bonds is 2. The predicted octanol–water partition coefficient (Wildman–Crippen LogP) is 2.92. The fraction of sp³-hybridized carbons (Fsp3) is 0.364. The molecule has 5 heteroatoms. The minimum Gasteiger partial charge on any atom is -0.320 e. The zero-order valence-electron chi connectivity index (χ0n) is 9.49. The van der Waals surface area contributed by atoms with Crippen molar-refractivity contribution in [3.05, 3.63) is 29.5 Å². The van der Waals surface area contributed by atoms with E-state index in [1.165, 1.54) is 4.09 Å². The van der Waals surface area contributed by atoms with Gasteiger partial charge in [0.2, 0.25) is 0 Å². The van der Waals surface area contributed by atoms with Crippen molar-refractivity contribution in [1.29, 1.82) is 0 Å². The Morgan fingerprint density at radius 1 is 1.44 bits per heavy atom. The molecule has 0 amide bonds. The molecule has 0 saturated carbocycles. The molecule has 2 aromatic rings. The lowest BCUT2D eigenvalue weighted by Crippen LogP contribution is -2.29. The minimum absolute atomic E-state index is 0.0994. The molecule has 0 spiro atoms. The molecular formula is C11H14FN3S. The molecule has 86 valence electrons. The number of nitrogens with zero attached hydrogens (tertiary/aromatic N) is 2. The monoisotopic (exact) mass is 239 g/mol. The zero-order valence-corrected chi connectivity index (χ0v) is 10.3. The summed E-state index contributed by atoms with van der Waals surface area (Å²) in [6.07, 6.45) is 0. The maximum atomic E-state index is 12.8. The number of hydrogen-bond acceptors (Lipinski definition) is 3. The van der Waals surface area contributed by atoms with Gasteiger partial charge in [0.1, 0.15) is 0 Å². The van der Waals surface area contributed by atoms with Crippen LogP contribution in [-0.2, 0) is 5.54 Å². The second-order valence-electron chi connectivity index (χ2n) is 4.48. The van der Waals surface area contributed by atoms with Crippen molar-refractivity contribution >= 4 is 23.2 Å². The van der Waals surface area contributed by atoms with Crippen LogP contribution in [0.3, 0.4) is 0 Å². The van der Waals surface area contributed by atoms with E-state index >= 15 is 0 Å². The van der Waals surface area contributed by atoms with Crippen molar-refractivity contribution in [2.75, 3.05) is 0 Å². The first-order valence-electron chi connectivity index (χ1n) is 5.02. The van der Waals surface area contributed by atoms with Crippen LogP contribution in [0.1, 0.15) is 25.1 Å². The van der Waals surface area contributed by atoms with E-state index in [1.807, 2.05) is 39.0 Å². The number of benzene rings is 1. The molecule has 0 atom stereocenters. The first-order chi connectivity index (χ1) is 7.45. The molecule has 0 fully saturated rings. The number of aryl methyl sites for hydroxylation is 1. The maximum absolute atomic E-state index is 12.8. The molecule has 0 radical (unpaired) electrons. The summed E-state index contributed by atoms with van der Waals surface area (Å²) in [4.78, 5) is 0. The summed E-state index contributed by atoms with van der Waals surface area (Å²) in [6.45, 7) is 5.67. The summed E-state index contributed by atoms with van der Waals surface area (Å²) in [5.74, 6) is 0. The molecule has 1 aromatic heterocycles. The van der Waals surface area contributed by atoms with E-state index in [9.17, 15) is 3.89 Å². The van der Waals surface area contributed by atoms with Crippen molar-refractivity contribution in [2.24, 2.45) is 5.73 Å². The van der Waals surface area contributed by atoms with Crippen molar-refractivity contribution in [3.63, 3.8) is 0 Å². The van der Waals surface area contributed by atoms with Gasteiger partial charge >= 0.3 is 0 Å². The number of para-hydroxylation sites is 1. The summed E-state index contributed by atoms with van der Waals surface area (Å²) >= 11 is 0.0994. The SMILES string of the molecule is Cc1cccc2c(C(C)(C)N)nn(SF)c12. The van der Waals surface area contributed by atoms with Crippen LogP contribution < -0.4 is 5.73 Å². The van der Waals surface area contributed by atoms with Crippen LogP contribution in [-0.4, -0.2) is 9.19 Å². The highest BCUT2D eigenvalue weighted by Gasteiger charge is 2.23. The maximum Gasteiger partial charge on any atom is 0.188 e. The molecule has 0 aliphatic carbocycles. The van der Waals surface area contributed by atoms with E-state index < -0.39 is 5.54 Å². The lowest BCUT2D eigenvalue weighted by atomic mass is 9.98. The summed E-state index contributed by atoms with van der Waals surface area (Å²) in [5.41, 5.74) is 7.96. The number of halogens is 1. The van der Waals surface area contributed by atoms with E-state index in [-0.39, 0.29) is 12.3 Å². The lowest BCUT2D eigenvalue weighted by molar-refractivity contribution is 0.535. The van der Waals surface area contributed by atoms with Crippen molar-refractivity contribution in [3.8, 4) is 0 Å². The van der Waals surface area contributed by atoms with Gasteiger partial charge in [0.05, 0.1) is 16.7 Å². The average molecular weight is 239 g/mol. The Morgan fingerprint density at radius 2 is 2.12 bits per heavy atom. The van der Waals surface area contributed by atoms with Gasteiger partial charge in [-0.25, -0.2) is 0 Å². The average Bonchev–Trinajstić information content (AvgIpc) is 2.57. The van der Waals surface area contributed by atoms with E-state index in [4.69, 9.17) is 5.73 Å². The second-order valence-corrected chi connectivity index (χ2v) is 4.97. The van der Waals surface area contributed by atoms with Crippen molar-refractivity contribution < 1.29 is 3.89 Å². The van der Waals surface area contributed by atoms with Crippen LogP contribution in [0.4, 0.5) is 3.89 Å². The molecule has 0 bridgehead atoms. The number of fused-ring (bicyclic) bond motifs is 1. The van der Waals surface area contributed by atoms with Crippen molar-refractivity contribution in [2.45, 2.75) is 26.3 Å². The van der Waals surface area contributed by atoms with E-state index in [2.05, 4.69) is 5.10 Å². The molecule has 0 unspecified atom stereocenters. The van der Waals surface area contributed by atoms with Crippen LogP contribution in [0.5, 0.6) is 0 Å². The lowest BCUT2D eigenvalue weighted by Gasteiger charge is -2.15. The first-order valence-corrected chi connectivity index (χ1v) is 5.69. The fourth-order valence-electron chi connectivity index (χ4n) is 1.82. The van der Waals surface area contributed by atoms with Gasteiger partial charge in [-0.05, 0) is 26.3 Å². The highest BCUT2D eigenvalue weighted by atomic mass is 32.2. The van der Waals surface area contributed by atoms with Crippen molar-refractivity contribution in [1.82, 2.24) is 9.19 Å². The standard InChI is InChI=1S/C11H14FN3S/c1-7-5-4-6-8-9(7)15(16-12)14-10(8)11(2,3)13/h4-6H,13H2,1-3H3. The Balaban J connectivity index is 2.84. The molecule has 0 aliphatic heterocycles. The van der Waals surface area contributed by atoms with Crippen LogP contribution >= 0.6 is 12.3 Å². The number of aromatic nitrogens is 2. The van der Waals surface area contributed by atoms with Gasteiger partial charge in [-0.3, -0.25) is 0 Å². The predicted molar refractivity (Wildman–Crippen MR) is 65.8 cm³/mol. The molecule has 3 nitrogen and oxygen atoms in total. The molecule has 2 rings (SSSR count). The second kappa shape index (κ2) is 3.75. The number of nitrogens with two attached hydrogens (primary N) is 1. The third-order valence-electron chi connectivity index (χ3n) is 2.55. The van der Waals surface area contributed by atoms with Gasteiger partial charge in [-0.1, -0.05) is 18.2 Å². The first kappa shape index (κ1) is 11.4. The summed E-state index contributed by atoms with van der Waals surface area (Å²) < 4.78 is 14.1. The van der Waals surface area contributed by atoms with Crippen LogP contribution in [0.2, 0.25) is 0 Å².